The van der Waals surface area contributed by atoms with Gasteiger partial charge >= 0.3 is 0 Å². The molecule has 3 rings (SSSR count). The Labute approximate surface area is 120 Å². The van der Waals surface area contributed by atoms with Crippen molar-refractivity contribution >= 4 is 23.3 Å². The summed E-state index contributed by atoms with van der Waals surface area (Å²) >= 11 is 5.34. The molecule has 1 N–H and O–H groups in total. The van der Waals surface area contributed by atoms with Crippen molar-refractivity contribution in [2.24, 2.45) is 0 Å². The summed E-state index contributed by atoms with van der Waals surface area (Å²) in [5.74, 6) is 0. The molecule has 0 radical (unpaired) electrons. The lowest BCUT2D eigenvalue weighted by molar-refractivity contribution is 0.517. The van der Waals surface area contributed by atoms with Crippen molar-refractivity contribution in [3.63, 3.8) is 0 Å². The quantitative estimate of drug-likeness (QED) is 0.746. The third kappa shape index (κ3) is 2.33. The van der Waals surface area contributed by atoms with Gasteiger partial charge in [-0.3, -0.25) is 4.68 Å². The molecular formula is C13H12N6S. The molecule has 0 bridgehead atoms. The summed E-state index contributed by atoms with van der Waals surface area (Å²) in [4.78, 5) is 3.16. The van der Waals surface area contributed by atoms with Crippen LogP contribution in [0.2, 0.25) is 0 Å². The molecule has 0 spiro atoms. The van der Waals surface area contributed by atoms with Gasteiger partial charge < -0.3 is 9.55 Å². The summed E-state index contributed by atoms with van der Waals surface area (Å²) in [6, 6.07) is 7.68. The predicted molar refractivity (Wildman–Crippen MR) is 76.5 cm³/mol. The second kappa shape index (κ2) is 5.27. The van der Waals surface area contributed by atoms with Gasteiger partial charge in [-0.15, -0.1) is 5.10 Å². The standard InChI is InChI=1S/C13H12N6S/c14-9-10-2-3-11-12(8-10)19(13(20)16-11)6-1-5-18-7-4-15-17-18/h2-4,7-8H,1,5-6H2,(H,16,20). The first kappa shape index (κ1) is 12.6. The van der Waals surface area contributed by atoms with Crippen LogP contribution in [0.3, 0.4) is 0 Å². The molecule has 20 heavy (non-hydrogen) atoms. The molecule has 0 unspecified atom stereocenters. The highest BCUT2D eigenvalue weighted by molar-refractivity contribution is 7.71. The molecule has 0 aliphatic heterocycles. The summed E-state index contributed by atoms with van der Waals surface area (Å²) in [5.41, 5.74) is 2.55. The number of hydrogen-bond acceptors (Lipinski definition) is 4. The summed E-state index contributed by atoms with van der Waals surface area (Å²) < 4.78 is 4.48. The van der Waals surface area contributed by atoms with E-state index in [-0.39, 0.29) is 0 Å². The number of nitrogens with one attached hydrogen (secondary N) is 1. The highest BCUT2D eigenvalue weighted by Gasteiger charge is 2.05. The maximum Gasteiger partial charge on any atom is 0.178 e. The summed E-state index contributed by atoms with van der Waals surface area (Å²) in [7, 11) is 0. The fourth-order valence-corrected chi connectivity index (χ4v) is 2.49. The van der Waals surface area contributed by atoms with E-state index in [0.717, 1.165) is 30.5 Å². The molecule has 1 aromatic carbocycles. The molecule has 0 saturated carbocycles. The van der Waals surface area contributed by atoms with Gasteiger partial charge in [0.15, 0.2) is 4.77 Å². The molecule has 7 heteroatoms. The Morgan fingerprint density at radius 2 is 2.25 bits per heavy atom. The van der Waals surface area contributed by atoms with Gasteiger partial charge in [-0.2, -0.15) is 5.26 Å². The Hall–Kier alpha value is -2.46. The van der Waals surface area contributed by atoms with Gasteiger partial charge in [-0.25, -0.2) is 0 Å². The van der Waals surface area contributed by atoms with Crippen LogP contribution < -0.4 is 0 Å². The number of nitriles is 1. The Morgan fingerprint density at radius 1 is 1.35 bits per heavy atom. The highest BCUT2D eigenvalue weighted by Crippen LogP contribution is 2.16. The number of nitrogens with zero attached hydrogens (tertiary/aromatic N) is 5. The number of aromatic amines is 1. The van der Waals surface area contributed by atoms with Gasteiger partial charge in [0, 0.05) is 19.3 Å². The molecule has 0 aliphatic carbocycles. The predicted octanol–water partition coefficient (Wildman–Crippen LogP) is 2.25. The van der Waals surface area contributed by atoms with Crippen LogP contribution in [0, 0.1) is 16.1 Å². The minimum atomic E-state index is 0.636. The van der Waals surface area contributed by atoms with Crippen molar-refractivity contribution < 1.29 is 0 Å². The van der Waals surface area contributed by atoms with Crippen molar-refractivity contribution in [1.82, 2.24) is 24.5 Å². The van der Waals surface area contributed by atoms with Crippen LogP contribution in [-0.2, 0) is 13.1 Å². The largest absolute Gasteiger partial charge is 0.331 e. The van der Waals surface area contributed by atoms with Crippen LogP contribution in [0.15, 0.2) is 30.6 Å². The third-order valence-electron chi connectivity index (χ3n) is 3.15. The van der Waals surface area contributed by atoms with Gasteiger partial charge in [0.25, 0.3) is 0 Å². The van der Waals surface area contributed by atoms with E-state index in [9.17, 15) is 0 Å². The van der Waals surface area contributed by atoms with E-state index in [0.29, 0.717) is 10.3 Å². The molecule has 0 atom stereocenters. The molecule has 100 valence electrons. The van der Waals surface area contributed by atoms with E-state index >= 15 is 0 Å². The molecule has 0 aliphatic rings. The molecule has 0 amide bonds. The Kier molecular flexibility index (Phi) is 3.31. The third-order valence-corrected chi connectivity index (χ3v) is 3.47. The molecule has 2 aromatic heterocycles. The smallest absolute Gasteiger partial charge is 0.178 e. The van der Waals surface area contributed by atoms with E-state index < -0.39 is 0 Å². The molecule has 3 aromatic rings. The Bertz CT molecular complexity index is 821. The minimum absolute atomic E-state index is 0.636. The van der Waals surface area contributed by atoms with Crippen molar-refractivity contribution in [2.75, 3.05) is 0 Å². The van der Waals surface area contributed by atoms with Crippen molar-refractivity contribution in [2.45, 2.75) is 19.5 Å². The maximum atomic E-state index is 8.98. The lowest BCUT2D eigenvalue weighted by Crippen LogP contribution is -2.05. The van der Waals surface area contributed by atoms with Crippen molar-refractivity contribution in [3.8, 4) is 6.07 Å². The van der Waals surface area contributed by atoms with Gasteiger partial charge in [0.2, 0.25) is 0 Å². The first-order valence-corrected chi connectivity index (χ1v) is 6.65. The number of aryl methyl sites for hydroxylation is 2. The zero-order valence-corrected chi connectivity index (χ0v) is 11.5. The minimum Gasteiger partial charge on any atom is -0.331 e. The number of imidazole rings is 1. The molecule has 2 heterocycles. The molecular weight excluding hydrogens is 272 g/mol. The zero-order chi connectivity index (χ0) is 13.9. The first-order valence-electron chi connectivity index (χ1n) is 6.25. The summed E-state index contributed by atoms with van der Waals surface area (Å²) in [6.07, 6.45) is 4.39. The van der Waals surface area contributed by atoms with Crippen LogP contribution in [0.5, 0.6) is 0 Å². The van der Waals surface area contributed by atoms with E-state index in [1.165, 1.54) is 0 Å². The summed E-state index contributed by atoms with van der Waals surface area (Å²) in [6.45, 7) is 1.56. The number of hydrogen-bond donors (Lipinski definition) is 1. The monoisotopic (exact) mass is 284 g/mol. The van der Waals surface area contributed by atoms with Gasteiger partial charge in [-0.1, -0.05) is 5.21 Å². The van der Waals surface area contributed by atoms with Crippen LogP contribution in [0.4, 0.5) is 0 Å². The fourth-order valence-electron chi connectivity index (χ4n) is 2.19. The average molecular weight is 284 g/mol. The van der Waals surface area contributed by atoms with E-state index in [1.54, 1.807) is 16.9 Å². The number of aromatic nitrogens is 5. The lowest BCUT2D eigenvalue weighted by Gasteiger charge is -2.04. The molecule has 0 fully saturated rings. The van der Waals surface area contributed by atoms with E-state index in [1.807, 2.05) is 22.9 Å². The topological polar surface area (TPSA) is 75.2 Å². The molecule has 0 saturated heterocycles. The Balaban J connectivity index is 1.85. The van der Waals surface area contributed by atoms with Crippen molar-refractivity contribution in [1.29, 1.82) is 5.26 Å². The second-order valence-electron chi connectivity index (χ2n) is 4.45. The average Bonchev–Trinajstić information content (AvgIpc) is 3.07. The summed E-state index contributed by atoms with van der Waals surface area (Å²) in [5, 5.41) is 16.7. The van der Waals surface area contributed by atoms with Gasteiger partial charge in [-0.05, 0) is 36.8 Å². The number of benzene rings is 1. The van der Waals surface area contributed by atoms with Gasteiger partial charge in [0.05, 0.1) is 28.9 Å². The molecule has 6 nitrogen and oxygen atoms in total. The van der Waals surface area contributed by atoms with Gasteiger partial charge in [0.1, 0.15) is 0 Å². The number of fused-ring (bicyclic) bond motifs is 1. The zero-order valence-electron chi connectivity index (χ0n) is 10.7. The fraction of sp³-hybridized carbons (Fsp3) is 0.231. The number of rotatable bonds is 4. The van der Waals surface area contributed by atoms with Crippen molar-refractivity contribution in [3.05, 3.63) is 40.9 Å². The SMILES string of the molecule is N#Cc1ccc2[nH]c(=S)n(CCCn3ccnn3)c2c1. The van der Waals surface area contributed by atoms with Crippen LogP contribution in [0.1, 0.15) is 12.0 Å². The van der Waals surface area contributed by atoms with E-state index in [4.69, 9.17) is 17.5 Å². The second-order valence-corrected chi connectivity index (χ2v) is 4.83. The lowest BCUT2D eigenvalue weighted by atomic mass is 10.2. The van der Waals surface area contributed by atoms with Crippen LogP contribution >= 0.6 is 12.2 Å². The first-order chi connectivity index (χ1) is 9.78. The van der Waals surface area contributed by atoms with E-state index in [2.05, 4.69) is 21.4 Å². The maximum absolute atomic E-state index is 8.98. The van der Waals surface area contributed by atoms with Crippen LogP contribution in [0.25, 0.3) is 11.0 Å². The number of H-pyrrole nitrogens is 1. The normalized spacial score (nSPS) is 10.8. The van der Waals surface area contributed by atoms with Crippen LogP contribution in [-0.4, -0.2) is 24.5 Å². The Morgan fingerprint density at radius 3 is 3.00 bits per heavy atom. The highest BCUT2D eigenvalue weighted by atomic mass is 32.1.